The third kappa shape index (κ3) is 5.75. The van der Waals surface area contributed by atoms with Gasteiger partial charge in [0, 0.05) is 0 Å². The van der Waals surface area contributed by atoms with Crippen LogP contribution in [0.15, 0.2) is 30.3 Å². The molecule has 0 saturated carbocycles. The topological polar surface area (TPSA) is 12.0 Å². The number of hydrogen-bond donors (Lipinski definition) is 1. The fraction of sp³-hybridized carbons (Fsp3) is 0.500. The lowest BCUT2D eigenvalue weighted by molar-refractivity contribution is -0.125. The van der Waals surface area contributed by atoms with E-state index in [4.69, 9.17) is 0 Å². The van der Waals surface area contributed by atoms with E-state index in [9.17, 15) is 13.2 Å². The molecule has 0 saturated heterocycles. The largest absolute Gasteiger partial charge is 0.401 e. The normalized spacial score (nSPS) is 13.8. The van der Waals surface area contributed by atoms with E-state index in [0.717, 1.165) is 12.0 Å². The number of halogens is 3. The molecule has 1 atom stereocenters. The molecule has 0 amide bonds. The van der Waals surface area contributed by atoms with E-state index >= 15 is 0 Å². The molecule has 0 bridgehead atoms. The van der Waals surface area contributed by atoms with Crippen LogP contribution in [0.5, 0.6) is 0 Å². The lowest BCUT2D eigenvalue weighted by Crippen LogP contribution is -2.32. The highest BCUT2D eigenvalue weighted by molar-refractivity contribution is 5.15. The molecule has 1 aromatic carbocycles. The van der Waals surface area contributed by atoms with Gasteiger partial charge in [0.05, 0.1) is 6.54 Å². The van der Waals surface area contributed by atoms with Crippen LogP contribution in [0.3, 0.4) is 0 Å². The predicted molar refractivity (Wildman–Crippen MR) is 58.2 cm³/mol. The fourth-order valence-corrected chi connectivity index (χ4v) is 1.55. The minimum absolute atomic E-state index is 0.199. The van der Waals surface area contributed by atoms with Gasteiger partial charge in [0.15, 0.2) is 0 Å². The molecule has 1 N–H and O–H groups in total. The molecular weight excluding hydrogens is 215 g/mol. The molecule has 0 fully saturated rings. The van der Waals surface area contributed by atoms with Gasteiger partial charge in [-0.2, -0.15) is 13.2 Å². The van der Waals surface area contributed by atoms with E-state index in [0.29, 0.717) is 6.54 Å². The molecule has 0 aliphatic carbocycles. The average molecular weight is 231 g/mol. The van der Waals surface area contributed by atoms with E-state index < -0.39 is 12.7 Å². The molecule has 0 aliphatic heterocycles. The first-order valence-electron chi connectivity index (χ1n) is 5.29. The fourth-order valence-electron chi connectivity index (χ4n) is 1.55. The molecule has 0 aliphatic rings. The second-order valence-corrected chi connectivity index (χ2v) is 4.04. The summed E-state index contributed by atoms with van der Waals surface area (Å²) in [5.41, 5.74) is 1.16. The van der Waals surface area contributed by atoms with Gasteiger partial charge in [-0.05, 0) is 24.4 Å². The molecule has 4 heteroatoms. The third-order valence-electron chi connectivity index (χ3n) is 2.25. The third-order valence-corrected chi connectivity index (χ3v) is 2.25. The molecule has 0 heterocycles. The molecule has 1 rings (SSSR count). The van der Waals surface area contributed by atoms with Crippen LogP contribution < -0.4 is 5.32 Å². The van der Waals surface area contributed by atoms with Crippen LogP contribution in [0.2, 0.25) is 0 Å². The molecule has 1 unspecified atom stereocenters. The molecule has 0 spiro atoms. The summed E-state index contributed by atoms with van der Waals surface area (Å²) in [6.45, 7) is 1.41. The Balaban J connectivity index is 2.24. The minimum atomic E-state index is -4.12. The summed E-state index contributed by atoms with van der Waals surface area (Å²) in [6, 6.07) is 9.77. The highest BCUT2D eigenvalue weighted by Gasteiger charge is 2.26. The number of nitrogens with one attached hydrogen (secondary N) is 1. The van der Waals surface area contributed by atoms with Crippen LogP contribution in [-0.2, 0) is 6.42 Å². The summed E-state index contributed by atoms with van der Waals surface area (Å²) in [5, 5.41) is 2.42. The smallest absolute Gasteiger partial charge is 0.308 e. The van der Waals surface area contributed by atoms with Crippen LogP contribution in [0.25, 0.3) is 0 Å². The Morgan fingerprint density at radius 3 is 2.38 bits per heavy atom. The summed E-state index contributed by atoms with van der Waals surface area (Å²) in [6.07, 6.45) is -3.32. The highest BCUT2D eigenvalue weighted by Crippen LogP contribution is 2.13. The van der Waals surface area contributed by atoms with Gasteiger partial charge in [0.2, 0.25) is 0 Å². The van der Waals surface area contributed by atoms with Gasteiger partial charge in [-0.25, -0.2) is 0 Å². The van der Waals surface area contributed by atoms with Crippen LogP contribution in [-0.4, -0.2) is 19.3 Å². The second kappa shape index (κ2) is 5.89. The van der Waals surface area contributed by atoms with Gasteiger partial charge in [0.25, 0.3) is 0 Å². The first-order chi connectivity index (χ1) is 7.47. The quantitative estimate of drug-likeness (QED) is 0.821. The van der Waals surface area contributed by atoms with Crippen molar-refractivity contribution in [3.05, 3.63) is 35.9 Å². The zero-order valence-corrected chi connectivity index (χ0v) is 9.22. The number of hydrogen-bond acceptors (Lipinski definition) is 1. The zero-order valence-electron chi connectivity index (χ0n) is 9.22. The van der Waals surface area contributed by atoms with Gasteiger partial charge in [0.1, 0.15) is 0 Å². The highest BCUT2D eigenvalue weighted by atomic mass is 19.4. The van der Waals surface area contributed by atoms with Crippen LogP contribution in [0.1, 0.15) is 12.5 Å². The van der Waals surface area contributed by atoms with Crippen molar-refractivity contribution in [1.82, 2.24) is 5.32 Å². The first-order valence-corrected chi connectivity index (χ1v) is 5.29. The van der Waals surface area contributed by atoms with Crippen molar-refractivity contribution in [2.24, 2.45) is 5.92 Å². The maximum atomic E-state index is 11.9. The Bertz CT molecular complexity index is 295. The Morgan fingerprint density at radius 1 is 1.19 bits per heavy atom. The molecule has 0 radical (unpaired) electrons. The summed E-state index contributed by atoms with van der Waals surface area (Å²) in [4.78, 5) is 0. The van der Waals surface area contributed by atoms with Crippen molar-refractivity contribution >= 4 is 0 Å². The minimum Gasteiger partial charge on any atom is -0.308 e. The van der Waals surface area contributed by atoms with Gasteiger partial charge >= 0.3 is 6.18 Å². The molecule has 90 valence electrons. The van der Waals surface area contributed by atoms with Gasteiger partial charge in [-0.15, -0.1) is 0 Å². The maximum absolute atomic E-state index is 11.9. The average Bonchev–Trinajstić information content (AvgIpc) is 2.17. The van der Waals surface area contributed by atoms with Crippen molar-refractivity contribution in [3.8, 4) is 0 Å². The summed E-state index contributed by atoms with van der Waals surface area (Å²) < 4.78 is 35.6. The first kappa shape index (κ1) is 13.0. The lowest BCUT2D eigenvalue weighted by atomic mass is 10.0. The van der Waals surface area contributed by atoms with Crippen molar-refractivity contribution in [3.63, 3.8) is 0 Å². The number of benzene rings is 1. The molecule has 1 nitrogen and oxygen atoms in total. The summed E-state index contributed by atoms with van der Waals surface area (Å²) in [5.74, 6) is 0.199. The van der Waals surface area contributed by atoms with E-state index in [1.54, 1.807) is 0 Å². The van der Waals surface area contributed by atoms with Crippen LogP contribution >= 0.6 is 0 Å². The summed E-state index contributed by atoms with van der Waals surface area (Å²) in [7, 11) is 0. The Kier molecular flexibility index (Phi) is 4.80. The van der Waals surface area contributed by atoms with Crippen molar-refractivity contribution in [2.75, 3.05) is 13.1 Å². The van der Waals surface area contributed by atoms with Crippen LogP contribution in [0.4, 0.5) is 13.2 Å². The molecule has 1 aromatic rings. The number of alkyl halides is 3. The summed E-state index contributed by atoms with van der Waals surface area (Å²) >= 11 is 0. The standard InChI is InChI=1S/C12H16F3N/c1-10(8-16-9-12(13,14)15)7-11-5-3-2-4-6-11/h2-6,10,16H,7-9H2,1H3. The van der Waals surface area contributed by atoms with Crippen LogP contribution in [0, 0.1) is 5.92 Å². The Morgan fingerprint density at radius 2 is 1.81 bits per heavy atom. The number of rotatable bonds is 5. The molecular formula is C12H16F3N. The van der Waals surface area contributed by atoms with Crippen molar-refractivity contribution in [1.29, 1.82) is 0 Å². The van der Waals surface area contributed by atoms with E-state index in [2.05, 4.69) is 5.32 Å². The molecule has 0 aromatic heterocycles. The van der Waals surface area contributed by atoms with Gasteiger partial charge < -0.3 is 5.32 Å². The van der Waals surface area contributed by atoms with Crippen molar-refractivity contribution < 1.29 is 13.2 Å². The Hall–Kier alpha value is -1.03. The van der Waals surface area contributed by atoms with E-state index in [1.807, 2.05) is 37.3 Å². The lowest BCUT2D eigenvalue weighted by Gasteiger charge is -2.13. The van der Waals surface area contributed by atoms with Gasteiger partial charge in [-0.3, -0.25) is 0 Å². The Labute approximate surface area is 93.7 Å². The van der Waals surface area contributed by atoms with Gasteiger partial charge in [-0.1, -0.05) is 37.3 Å². The maximum Gasteiger partial charge on any atom is 0.401 e. The zero-order chi connectivity index (χ0) is 12.0. The predicted octanol–water partition coefficient (Wildman–Crippen LogP) is 3.02. The monoisotopic (exact) mass is 231 g/mol. The van der Waals surface area contributed by atoms with E-state index in [1.165, 1.54) is 0 Å². The molecule has 16 heavy (non-hydrogen) atoms. The second-order valence-electron chi connectivity index (χ2n) is 4.04. The SMILES string of the molecule is CC(CNCC(F)(F)F)Cc1ccccc1. The van der Waals surface area contributed by atoms with Crippen molar-refractivity contribution in [2.45, 2.75) is 19.5 Å². The van der Waals surface area contributed by atoms with E-state index in [-0.39, 0.29) is 5.92 Å².